The van der Waals surface area contributed by atoms with Crippen LogP contribution >= 0.6 is 0 Å². The third kappa shape index (κ3) is 5.79. The number of nitrogens with one attached hydrogen (secondary N) is 1. The number of hydrogen-bond donors (Lipinski definition) is 1. The third-order valence-corrected chi connectivity index (χ3v) is 6.90. The minimum Gasteiger partial charge on any atom is -0.323 e. The monoisotopic (exact) mass is 385 g/mol. The highest BCUT2D eigenvalue weighted by Gasteiger charge is 2.28. The van der Waals surface area contributed by atoms with Crippen LogP contribution in [0, 0.1) is 13.8 Å². The van der Waals surface area contributed by atoms with E-state index in [0.717, 1.165) is 11.1 Å². The average Bonchev–Trinajstić information content (AvgIpc) is 2.53. The largest absolute Gasteiger partial charge is 0.323 e. The van der Waals surface area contributed by atoms with Gasteiger partial charge < -0.3 is 5.32 Å². The highest BCUT2D eigenvalue weighted by molar-refractivity contribution is 7.91. The topological polar surface area (TPSA) is 63.2 Å². The predicted octanol–water partition coefficient (Wildman–Crippen LogP) is 4.67. The van der Waals surface area contributed by atoms with Crippen molar-refractivity contribution >= 4 is 27.5 Å². The van der Waals surface area contributed by atoms with Crippen molar-refractivity contribution in [2.24, 2.45) is 0 Å². The first-order chi connectivity index (χ1) is 12.5. The zero-order chi connectivity index (χ0) is 20.2. The standard InChI is InChI=1S/C22H27NO3S/c1-16-9-10-19(17(2)13-16)11-12-21(24)23-20-8-6-7-18(14-20)15-27(25,26)22(3,4)5/h6-14H,15H2,1-5H3,(H,23,24)/b12-11+. The van der Waals surface area contributed by atoms with Gasteiger partial charge in [-0.2, -0.15) is 0 Å². The Morgan fingerprint density at radius 1 is 1.07 bits per heavy atom. The van der Waals surface area contributed by atoms with Crippen LogP contribution in [0.3, 0.4) is 0 Å². The predicted molar refractivity (Wildman–Crippen MR) is 112 cm³/mol. The fourth-order valence-electron chi connectivity index (χ4n) is 2.54. The first-order valence-electron chi connectivity index (χ1n) is 8.85. The van der Waals surface area contributed by atoms with Crippen molar-refractivity contribution in [1.82, 2.24) is 0 Å². The van der Waals surface area contributed by atoms with Crippen LogP contribution in [-0.4, -0.2) is 19.1 Å². The van der Waals surface area contributed by atoms with Gasteiger partial charge in [-0.3, -0.25) is 4.79 Å². The molecule has 0 aliphatic rings. The van der Waals surface area contributed by atoms with Crippen LogP contribution in [0.15, 0.2) is 48.5 Å². The molecule has 0 saturated heterocycles. The van der Waals surface area contributed by atoms with E-state index in [-0.39, 0.29) is 11.7 Å². The van der Waals surface area contributed by atoms with E-state index in [4.69, 9.17) is 0 Å². The average molecular weight is 386 g/mol. The molecule has 2 rings (SSSR count). The molecule has 1 amide bonds. The minimum absolute atomic E-state index is 0.0569. The Hall–Kier alpha value is -2.40. The molecule has 0 atom stereocenters. The van der Waals surface area contributed by atoms with Crippen molar-refractivity contribution in [3.63, 3.8) is 0 Å². The van der Waals surface area contributed by atoms with Crippen LogP contribution in [0.5, 0.6) is 0 Å². The number of aryl methyl sites for hydroxylation is 2. The van der Waals surface area contributed by atoms with Gasteiger partial charge in [0.25, 0.3) is 0 Å². The first-order valence-corrected chi connectivity index (χ1v) is 10.5. The molecular weight excluding hydrogens is 358 g/mol. The lowest BCUT2D eigenvalue weighted by molar-refractivity contribution is -0.111. The van der Waals surface area contributed by atoms with Gasteiger partial charge in [-0.15, -0.1) is 0 Å². The molecule has 1 N–H and O–H groups in total. The molecule has 0 heterocycles. The maximum Gasteiger partial charge on any atom is 0.248 e. The summed E-state index contributed by atoms with van der Waals surface area (Å²) < 4.78 is 23.9. The number of carbonyl (C=O) groups excluding carboxylic acids is 1. The molecule has 0 aliphatic heterocycles. The van der Waals surface area contributed by atoms with E-state index in [2.05, 4.69) is 11.4 Å². The van der Waals surface area contributed by atoms with Crippen molar-refractivity contribution < 1.29 is 13.2 Å². The summed E-state index contributed by atoms with van der Waals surface area (Å²) in [5.74, 6) is -0.315. The quantitative estimate of drug-likeness (QED) is 0.761. The van der Waals surface area contributed by atoms with E-state index in [9.17, 15) is 13.2 Å². The van der Waals surface area contributed by atoms with Gasteiger partial charge in [0.15, 0.2) is 9.84 Å². The number of hydrogen-bond acceptors (Lipinski definition) is 3. The molecule has 0 radical (unpaired) electrons. The summed E-state index contributed by atoms with van der Waals surface area (Å²) in [4.78, 5) is 12.2. The molecule has 0 aromatic heterocycles. The van der Waals surface area contributed by atoms with Gasteiger partial charge in [-0.1, -0.05) is 35.9 Å². The Balaban J connectivity index is 2.09. The molecule has 0 aliphatic carbocycles. The highest BCUT2D eigenvalue weighted by atomic mass is 32.2. The van der Waals surface area contributed by atoms with Crippen LogP contribution in [0.25, 0.3) is 6.08 Å². The van der Waals surface area contributed by atoms with Crippen molar-refractivity contribution in [2.75, 3.05) is 5.32 Å². The number of amides is 1. The van der Waals surface area contributed by atoms with Crippen LogP contribution in [0.4, 0.5) is 5.69 Å². The summed E-state index contributed by atoms with van der Waals surface area (Å²) in [6.07, 6.45) is 3.26. The summed E-state index contributed by atoms with van der Waals surface area (Å²) in [7, 11) is -3.28. The Labute approximate surface area is 162 Å². The minimum atomic E-state index is -3.28. The molecule has 144 valence electrons. The van der Waals surface area contributed by atoms with E-state index < -0.39 is 14.6 Å². The Bertz CT molecular complexity index is 967. The molecular formula is C22H27NO3S. The SMILES string of the molecule is Cc1ccc(/C=C/C(=O)Nc2cccc(CS(=O)(=O)C(C)(C)C)c2)c(C)c1. The zero-order valence-electron chi connectivity index (χ0n) is 16.5. The van der Waals surface area contributed by atoms with Gasteiger partial charge in [-0.05, 0) is 69.5 Å². The zero-order valence-corrected chi connectivity index (χ0v) is 17.4. The lowest BCUT2D eigenvalue weighted by atomic mass is 10.1. The fraction of sp³-hybridized carbons (Fsp3) is 0.318. The smallest absolute Gasteiger partial charge is 0.248 e. The van der Waals surface area contributed by atoms with E-state index in [0.29, 0.717) is 11.3 Å². The number of sulfone groups is 1. The van der Waals surface area contributed by atoms with Gasteiger partial charge in [0.2, 0.25) is 5.91 Å². The van der Waals surface area contributed by atoms with Crippen LogP contribution in [0.1, 0.15) is 43.0 Å². The van der Waals surface area contributed by atoms with Gasteiger partial charge in [0, 0.05) is 11.8 Å². The highest BCUT2D eigenvalue weighted by Crippen LogP contribution is 2.22. The Morgan fingerprint density at radius 3 is 2.41 bits per heavy atom. The first kappa shape index (κ1) is 20.9. The molecule has 0 bridgehead atoms. The summed E-state index contributed by atoms with van der Waals surface area (Å²) in [6.45, 7) is 9.09. The third-order valence-electron chi connectivity index (χ3n) is 4.32. The molecule has 4 nitrogen and oxygen atoms in total. The maximum absolute atomic E-state index is 12.4. The number of anilines is 1. The van der Waals surface area contributed by atoms with Gasteiger partial charge in [-0.25, -0.2) is 8.42 Å². The molecule has 0 saturated carbocycles. The second-order valence-corrected chi connectivity index (χ2v) is 10.5. The Kier molecular flexibility index (Phi) is 6.26. The number of rotatable bonds is 5. The van der Waals surface area contributed by atoms with Gasteiger partial charge >= 0.3 is 0 Å². The van der Waals surface area contributed by atoms with Gasteiger partial charge in [0.05, 0.1) is 10.5 Å². The van der Waals surface area contributed by atoms with E-state index in [1.807, 2.05) is 26.0 Å². The normalized spacial score (nSPS) is 12.3. The summed E-state index contributed by atoms with van der Waals surface area (Å²) in [6, 6.07) is 13.0. The summed E-state index contributed by atoms with van der Waals surface area (Å²) in [5.41, 5.74) is 4.50. The molecule has 5 heteroatoms. The van der Waals surface area contributed by atoms with Crippen LogP contribution in [0.2, 0.25) is 0 Å². The van der Waals surface area contributed by atoms with Crippen molar-refractivity contribution in [3.05, 3.63) is 70.8 Å². The summed E-state index contributed by atoms with van der Waals surface area (Å²) in [5, 5.41) is 2.79. The van der Waals surface area contributed by atoms with E-state index >= 15 is 0 Å². The maximum atomic E-state index is 12.4. The second-order valence-electron chi connectivity index (χ2n) is 7.75. The molecule has 0 fully saturated rings. The fourth-order valence-corrected chi connectivity index (χ4v) is 3.59. The molecule has 0 spiro atoms. The lowest BCUT2D eigenvalue weighted by Gasteiger charge is -2.19. The van der Waals surface area contributed by atoms with Gasteiger partial charge in [0.1, 0.15) is 0 Å². The number of carbonyl (C=O) groups is 1. The molecule has 27 heavy (non-hydrogen) atoms. The van der Waals surface area contributed by atoms with Crippen LogP contribution < -0.4 is 5.32 Å². The Morgan fingerprint density at radius 2 is 1.78 bits per heavy atom. The second kappa shape index (κ2) is 8.09. The van der Waals surface area contributed by atoms with Crippen molar-refractivity contribution in [1.29, 1.82) is 0 Å². The number of benzene rings is 2. The molecule has 2 aromatic rings. The molecule has 2 aromatic carbocycles. The van der Waals surface area contributed by atoms with E-state index in [1.54, 1.807) is 51.1 Å². The molecule has 0 unspecified atom stereocenters. The van der Waals surface area contributed by atoms with Crippen molar-refractivity contribution in [2.45, 2.75) is 45.1 Å². The summed E-state index contributed by atoms with van der Waals surface area (Å²) >= 11 is 0. The van der Waals surface area contributed by atoms with E-state index in [1.165, 1.54) is 11.6 Å². The lowest BCUT2D eigenvalue weighted by Crippen LogP contribution is -2.29. The van der Waals surface area contributed by atoms with Crippen LogP contribution in [-0.2, 0) is 20.4 Å². The van der Waals surface area contributed by atoms with Crippen molar-refractivity contribution in [3.8, 4) is 0 Å².